The van der Waals surface area contributed by atoms with E-state index < -0.39 is 6.10 Å². The molecule has 0 saturated carbocycles. The summed E-state index contributed by atoms with van der Waals surface area (Å²) in [4.78, 5) is 21.3. The number of nitrogens with one attached hydrogen (secondary N) is 1. The number of anilines is 1. The second-order valence-corrected chi connectivity index (χ2v) is 6.16. The number of aromatic nitrogens is 3. The summed E-state index contributed by atoms with van der Waals surface area (Å²) in [6.45, 7) is 1.60. The van der Waals surface area contributed by atoms with Gasteiger partial charge < -0.3 is 14.9 Å². The Morgan fingerprint density at radius 1 is 1.29 bits per heavy atom. The molecular formula is C19H18ClN5O3. The van der Waals surface area contributed by atoms with Gasteiger partial charge in [0.25, 0.3) is 5.91 Å². The lowest BCUT2D eigenvalue weighted by Crippen LogP contribution is -2.26. The maximum Gasteiger partial charge on any atom is 0.267 e. The standard InChI is InChI=1S/C19H18ClN5O3/c1-13(19(26)24-15-5-8-18(27-2)17(20)9-15)28-23-10-14-3-6-16(7-4-14)25-12-21-11-22-25/h3-13H,1-2H3,(H,24,26)/b23-10+. The second-order valence-electron chi connectivity index (χ2n) is 5.75. The van der Waals surface area contributed by atoms with E-state index in [0.717, 1.165) is 11.3 Å². The number of oxime groups is 1. The Morgan fingerprint density at radius 2 is 2.07 bits per heavy atom. The highest BCUT2D eigenvalue weighted by Crippen LogP contribution is 2.27. The highest BCUT2D eigenvalue weighted by Gasteiger charge is 2.15. The van der Waals surface area contributed by atoms with Crippen molar-refractivity contribution < 1.29 is 14.4 Å². The number of hydrogen-bond donors (Lipinski definition) is 1. The van der Waals surface area contributed by atoms with Crippen LogP contribution in [0, 0.1) is 0 Å². The number of amides is 1. The van der Waals surface area contributed by atoms with E-state index in [1.807, 2.05) is 24.3 Å². The summed E-state index contributed by atoms with van der Waals surface area (Å²) in [7, 11) is 1.52. The third-order valence-corrected chi connectivity index (χ3v) is 4.08. The normalized spacial score (nSPS) is 12.0. The quantitative estimate of drug-likeness (QED) is 0.486. The van der Waals surface area contributed by atoms with Gasteiger partial charge in [0, 0.05) is 5.69 Å². The molecule has 0 aliphatic heterocycles. The third kappa shape index (κ3) is 4.86. The number of carbonyl (C=O) groups is 1. The van der Waals surface area contributed by atoms with Crippen LogP contribution in [-0.2, 0) is 9.63 Å². The van der Waals surface area contributed by atoms with Crippen LogP contribution in [-0.4, -0.2) is 40.1 Å². The highest BCUT2D eigenvalue weighted by molar-refractivity contribution is 6.32. The van der Waals surface area contributed by atoms with Crippen molar-refractivity contribution in [1.29, 1.82) is 0 Å². The minimum absolute atomic E-state index is 0.347. The Hall–Kier alpha value is -3.39. The highest BCUT2D eigenvalue weighted by atomic mass is 35.5. The number of rotatable bonds is 7. The first-order chi connectivity index (χ1) is 13.6. The van der Waals surface area contributed by atoms with Crippen LogP contribution >= 0.6 is 11.6 Å². The summed E-state index contributed by atoms with van der Waals surface area (Å²) in [6, 6.07) is 12.4. The van der Waals surface area contributed by atoms with E-state index in [9.17, 15) is 4.79 Å². The maximum atomic E-state index is 12.2. The predicted octanol–water partition coefficient (Wildman–Crippen LogP) is 3.31. The number of benzene rings is 2. The zero-order valence-corrected chi connectivity index (χ0v) is 16.0. The lowest BCUT2D eigenvalue weighted by atomic mass is 10.2. The van der Waals surface area contributed by atoms with Crippen LogP contribution in [0.25, 0.3) is 5.69 Å². The van der Waals surface area contributed by atoms with Crippen molar-refractivity contribution in [3.63, 3.8) is 0 Å². The topological polar surface area (TPSA) is 90.6 Å². The van der Waals surface area contributed by atoms with Crippen molar-refractivity contribution in [1.82, 2.24) is 14.8 Å². The Kier molecular flexibility index (Phi) is 6.23. The van der Waals surface area contributed by atoms with E-state index in [0.29, 0.717) is 16.5 Å². The van der Waals surface area contributed by atoms with Gasteiger partial charge in [-0.3, -0.25) is 4.79 Å². The summed E-state index contributed by atoms with van der Waals surface area (Å²) in [5.41, 5.74) is 2.24. The largest absolute Gasteiger partial charge is 0.495 e. The van der Waals surface area contributed by atoms with Gasteiger partial charge in [0.2, 0.25) is 6.10 Å². The fraction of sp³-hybridized carbons (Fsp3) is 0.158. The number of nitrogens with zero attached hydrogens (tertiary/aromatic N) is 4. The average molecular weight is 400 g/mol. The van der Waals surface area contributed by atoms with Crippen LogP contribution in [0.4, 0.5) is 5.69 Å². The average Bonchev–Trinajstić information content (AvgIpc) is 3.23. The van der Waals surface area contributed by atoms with Crippen LogP contribution in [0.1, 0.15) is 12.5 Å². The fourth-order valence-electron chi connectivity index (χ4n) is 2.27. The van der Waals surface area contributed by atoms with Gasteiger partial charge in [0.1, 0.15) is 18.4 Å². The van der Waals surface area contributed by atoms with Crippen LogP contribution in [0.15, 0.2) is 60.3 Å². The Labute approximate surface area is 166 Å². The van der Waals surface area contributed by atoms with Gasteiger partial charge in [0.05, 0.1) is 24.0 Å². The second kappa shape index (κ2) is 9.01. The molecular weight excluding hydrogens is 382 g/mol. The van der Waals surface area contributed by atoms with Gasteiger partial charge >= 0.3 is 0 Å². The Bertz CT molecular complexity index is 958. The molecule has 144 valence electrons. The molecule has 3 aromatic rings. The van der Waals surface area contributed by atoms with E-state index in [1.54, 1.807) is 36.1 Å². The third-order valence-electron chi connectivity index (χ3n) is 3.79. The Morgan fingerprint density at radius 3 is 2.71 bits per heavy atom. The molecule has 0 spiro atoms. The molecule has 0 aliphatic rings. The molecule has 8 nitrogen and oxygen atoms in total. The smallest absolute Gasteiger partial charge is 0.267 e. The summed E-state index contributed by atoms with van der Waals surface area (Å²) in [5, 5.41) is 11.0. The molecule has 3 rings (SSSR count). The van der Waals surface area contributed by atoms with E-state index in [-0.39, 0.29) is 5.91 Å². The van der Waals surface area contributed by atoms with Crippen LogP contribution < -0.4 is 10.1 Å². The molecule has 0 aliphatic carbocycles. The molecule has 0 bridgehead atoms. The van der Waals surface area contributed by atoms with Gasteiger partial charge in [-0.05, 0) is 42.8 Å². The molecule has 1 aromatic heterocycles. The summed E-state index contributed by atoms with van der Waals surface area (Å²) in [6.07, 6.45) is 3.82. The first-order valence-electron chi connectivity index (χ1n) is 8.35. The zero-order chi connectivity index (χ0) is 19.9. The molecule has 1 amide bonds. The number of halogens is 1. The van der Waals surface area contributed by atoms with Crippen LogP contribution in [0.2, 0.25) is 5.02 Å². The van der Waals surface area contributed by atoms with Crippen molar-refractivity contribution >= 4 is 29.4 Å². The summed E-state index contributed by atoms with van der Waals surface area (Å²) in [5.74, 6) is 0.184. The van der Waals surface area contributed by atoms with E-state index in [2.05, 4.69) is 20.6 Å². The summed E-state index contributed by atoms with van der Waals surface area (Å²) >= 11 is 6.05. The Balaban J connectivity index is 1.53. The summed E-state index contributed by atoms with van der Waals surface area (Å²) < 4.78 is 6.73. The molecule has 1 N–H and O–H groups in total. The van der Waals surface area contributed by atoms with E-state index in [4.69, 9.17) is 21.2 Å². The van der Waals surface area contributed by atoms with E-state index in [1.165, 1.54) is 19.7 Å². The molecule has 9 heteroatoms. The molecule has 0 saturated heterocycles. The number of carbonyl (C=O) groups excluding carboxylic acids is 1. The first kappa shape index (κ1) is 19.4. The molecule has 0 radical (unpaired) electrons. The lowest BCUT2D eigenvalue weighted by molar-refractivity contribution is -0.126. The first-order valence-corrected chi connectivity index (χ1v) is 8.73. The van der Waals surface area contributed by atoms with Crippen molar-refractivity contribution in [2.24, 2.45) is 5.16 Å². The van der Waals surface area contributed by atoms with Gasteiger partial charge in [0.15, 0.2) is 0 Å². The molecule has 28 heavy (non-hydrogen) atoms. The fourth-order valence-corrected chi connectivity index (χ4v) is 2.53. The van der Waals surface area contributed by atoms with Gasteiger partial charge in [-0.1, -0.05) is 28.9 Å². The van der Waals surface area contributed by atoms with Crippen molar-refractivity contribution in [2.75, 3.05) is 12.4 Å². The van der Waals surface area contributed by atoms with Gasteiger partial charge in [-0.2, -0.15) is 5.10 Å². The van der Waals surface area contributed by atoms with Crippen LogP contribution in [0.5, 0.6) is 5.75 Å². The lowest BCUT2D eigenvalue weighted by Gasteiger charge is -2.11. The maximum absolute atomic E-state index is 12.2. The van der Waals surface area contributed by atoms with Crippen molar-refractivity contribution in [3.8, 4) is 11.4 Å². The minimum Gasteiger partial charge on any atom is -0.495 e. The predicted molar refractivity (Wildman–Crippen MR) is 106 cm³/mol. The minimum atomic E-state index is -0.786. The number of ether oxygens (including phenoxy) is 1. The molecule has 0 fully saturated rings. The zero-order valence-electron chi connectivity index (χ0n) is 15.2. The van der Waals surface area contributed by atoms with Crippen molar-refractivity contribution in [2.45, 2.75) is 13.0 Å². The van der Waals surface area contributed by atoms with Crippen LogP contribution in [0.3, 0.4) is 0 Å². The molecule has 1 heterocycles. The molecule has 2 aromatic carbocycles. The SMILES string of the molecule is COc1ccc(NC(=O)C(C)O/N=C/c2ccc(-n3cncn3)cc2)cc1Cl. The van der Waals surface area contributed by atoms with Gasteiger partial charge in [-0.15, -0.1) is 0 Å². The molecule has 1 unspecified atom stereocenters. The van der Waals surface area contributed by atoms with E-state index >= 15 is 0 Å². The van der Waals surface area contributed by atoms with Gasteiger partial charge in [-0.25, -0.2) is 9.67 Å². The number of methoxy groups -OCH3 is 1. The molecule has 1 atom stereocenters. The van der Waals surface area contributed by atoms with Crippen molar-refractivity contribution in [3.05, 3.63) is 65.7 Å². The number of hydrogen-bond acceptors (Lipinski definition) is 6. The monoisotopic (exact) mass is 399 g/mol.